The lowest BCUT2D eigenvalue weighted by molar-refractivity contribution is -0.157. The number of carbonyl (C=O) groups is 3. The molecule has 2 fully saturated rings. The number of rotatable bonds is 12. The number of hydrogen-bond donors (Lipinski definition) is 3. The number of piperidine rings is 1. The third-order valence-corrected chi connectivity index (χ3v) is 10.3. The Bertz CT molecular complexity index is 1530. The number of nitrogens with zero attached hydrogens (tertiary/aromatic N) is 1. The Morgan fingerprint density at radius 1 is 1.02 bits per heavy atom. The number of amides is 1. The second-order valence-electron chi connectivity index (χ2n) is 13.0. The molecule has 44 heavy (non-hydrogen) atoms. The van der Waals surface area contributed by atoms with E-state index in [1.54, 1.807) is 18.2 Å². The molecule has 3 aromatic carbocycles. The quantitative estimate of drug-likeness (QED) is 0.248. The van der Waals surface area contributed by atoms with Gasteiger partial charge in [0, 0.05) is 42.1 Å². The van der Waals surface area contributed by atoms with E-state index < -0.39 is 11.0 Å². The van der Waals surface area contributed by atoms with Crippen LogP contribution in [0, 0.1) is 5.92 Å². The van der Waals surface area contributed by atoms with Crippen molar-refractivity contribution < 1.29 is 24.6 Å². The van der Waals surface area contributed by atoms with Crippen LogP contribution in [0.4, 0.5) is 0 Å². The van der Waals surface area contributed by atoms with Crippen molar-refractivity contribution in [1.29, 1.82) is 0 Å². The van der Waals surface area contributed by atoms with Gasteiger partial charge in [-0.3, -0.25) is 14.5 Å². The number of fused-ring (bicyclic) bond motifs is 4. The minimum Gasteiger partial charge on any atom is -0.507 e. The first-order valence-electron chi connectivity index (χ1n) is 16.0. The lowest BCUT2D eigenvalue weighted by atomic mass is 9.52. The number of hydrogen-bond acceptors (Lipinski definition) is 6. The summed E-state index contributed by atoms with van der Waals surface area (Å²) in [6.07, 6.45) is 7.34. The smallest absolute Gasteiger partial charge is 0.255 e. The number of aromatic hydroxyl groups is 1. The summed E-state index contributed by atoms with van der Waals surface area (Å²) in [5.74, 6) is 0.209. The van der Waals surface area contributed by atoms with Crippen molar-refractivity contribution in [3.8, 4) is 16.9 Å². The molecule has 1 saturated heterocycles. The van der Waals surface area contributed by atoms with Gasteiger partial charge in [0.1, 0.15) is 18.3 Å². The Labute approximate surface area is 259 Å². The first-order chi connectivity index (χ1) is 21.3. The van der Waals surface area contributed by atoms with Crippen molar-refractivity contribution in [1.82, 2.24) is 10.2 Å². The maximum absolute atomic E-state index is 13.4. The number of likely N-dealkylation sites (tertiary alicyclic amines) is 1. The molecule has 0 spiro atoms. The summed E-state index contributed by atoms with van der Waals surface area (Å²) in [7, 11) is 0. The molecule has 2 aliphatic carbocycles. The van der Waals surface area contributed by atoms with Crippen molar-refractivity contribution in [2.45, 2.75) is 75.3 Å². The van der Waals surface area contributed by atoms with Crippen LogP contribution < -0.4 is 5.32 Å². The molecular formula is C37H42N2O5. The third-order valence-electron chi connectivity index (χ3n) is 10.3. The maximum Gasteiger partial charge on any atom is 0.255 e. The van der Waals surface area contributed by atoms with Gasteiger partial charge in [0.15, 0.2) is 0 Å². The van der Waals surface area contributed by atoms with Crippen LogP contribution in [0.15, 0.2) is 60.7 Å². The van der Waals surface area contributed by atoms with Crippen LogP contribution in [-0.2, 0) is 23.1 Å². The van der Waals surface area contributed by atoms with Gasteiger partial charge >= 0.3 is 0 Å². The SMILES string of the molecule is CCCC1(O)C2Cc3ccc(C(=O)NCCc4ccc(-c5ccc(C=O)cc5)cc4)c(O)c3C1(CC=O)CCN2CC1CC1. The average Bonchev–Trinajstić information content (AvgIpc) is 3.85. The second-order valence-corrected chi connectivity index (χ2v) is 13.0. The predicted molar refractivity (Wildman–Crippen MR) is 170 cm³/mol. The fraction of sp³-hybridized carbons (Fsp3) is 0.432. The molecule has 7 heteroatoms. The van der Waals surface area contributed by atoms with Gasteiger partial charge in [0.05, 0.1) is 11.2 Å². The number of aliphatic hydroxyl groups is 1. The number of phenolic OH excluding ortho intramolecular Hbond substituents is 1. The van der Waals surface area contributed by atoms with Crippen LogP contribution >= 0.6 is 0 Å². The molecular weight excluding hydrogens is 552 g/mol. The molecule has 0 aromatic heterocycles. The minimum absolute atomic E-state index is 0.101. The Kier molecular flexibility index (Phi) is 8.44. The third kappa shape index (κ3) is 5.37. The van der Waals surface area contributed by atoms with Gasteiger partial charge in [-0.2, -0.15) is 0 Å². The fourth-order valence-electron chi connectivity index (χ4n) is 7.89. The molecule has 3 N–H and O–H groups in total. The zero-order valence-corrected chi connectivity index (χ0v) is 25.4. The van der Waals surface area contributed by atoms with Crippen molar-refractivity contribution >= 4 is 18.5 Å². The molecule has 0 radical (unpaired) electrons. The van der Waals surface area contributed by atoms with Crippen LogP contribution in [0.25, 0.3) is 11.1 Å². The topological polar surface area (TPSA) is 107 Å². The van der Waals surface area contributed by atoms with Crippen molar-refractivity contribution in [2.24, 2.45) is 5.92 Å². The normalized spacial score (nSPS) is 24.4. The van der Waals surface area contributed by atoms with Gasteiger partial charge in [-0.25, -0.2) is 0 Å². The number of phenols is 1. The Hall–Kier alpha value is -3.81. The van der Waals surface area contributed by atoms with Crippen LogP contribution in [0.1, 0.15) is 82.9 Å². The van der Waals surface area contributed by atoms with E-state index in [2.05, 4.69) is 10.2 Å². The van der Waals surface area contributed by atoms with Crippen molar-refractivity contribution in [3.63, 3.8) is 0 Å². The molecule has 1 saturated carbocycles. The predicted octanol–water partition coefficient (Wildman–Crippen LogP) is 5.24. The molecule has 3 unspecified atom stereocenters. The standard InChI is InChI=1S/C37H42N2O5/c1-2-16-37(44)32-22-30-13-14-31(34(42)33(30)36(37,18-21-40)17-20-39(32)23-26-3-4-26)35(43)38-19-15-25-5-9-28(10-6-25)29-11-7-27(24-41)8-12-29/h5-14,21,24,26,32,42,44H,2-4,15-20,22-23H2,1H3,(H,38,43). The molecule has 6 rings (SSSR count). The molecule has 1 heterocycles. The average molecular weight is 595 g/mol. The zero-order valence-electron chi connectivity index (χ0n) is 25.4. The molecule has 230 valence electrons. The first-order valence-corrected chi connectivity index (χ1v) is 16.0. The van der Waals surface area contributed by atoms with E-state index in [1.165, 1.54) is 12.8 Å². The van der Waals surface area contributed by atoms with E-state index >= 15 is 0 Å². The highest BCUT2D eigenvalue weighted by Gasteiger charge is 2.63. The van der Waals surface area contributed by atoms with Crippen LogP contribution in [0.3, 0.4) is 0 Å². The van der Waals surface area contributed by atoms with Crippen LogP contribution in [-0.4, -0.2) is 64.9 Å². The molecule has 7 nitrogen and oxygen atoms in total. The Balaban J connectivity index is 1.20. The first kappa shape index (κ1) is 30.2. The van der Waals surface area contributed by atoms with E-state index in [1.807, 2.05) is 49.4 Å². The summed E-state index contributed by atoms with van der Waals surface area (Å²) >= 11 is 0. The van der Waals surface area contributed by atoms with Gasteiger partial charge in [0.2, 0.25) is 0 Å². The van der Waals surface area contributed by atoms with E-state index in [0.717, 1.165) is 54.3 Å². The largest absolute Gasteiger partial charge is 0.507 e. The van der Waals surface area contributed by atoms with E-state index in [9.17, 15) is 24.6 Å². The summed E-state index contributed by atoms with van der Waals surface area (Å²) in [6, 6.07) is 19.0. The summed E-state index contributed by atoms with van der Waals surface area (Å²) in [5.41, 5.74) is 3.36. The van der Waals surface area contributed by atoms with Gasteiger partial charge < -0.3 is 20.3 Å². The zero-order chi connectivity index (χ0) is 30.9. The van der Waals surface area contributed by atoms with E-state index in [0.29, 0.717) is 49.3 Å². The van der Waals surface area contributed by atoms with Crippen LogP contribution in [0.5, 0.6) is 5.75 Å². The Morgan fingerprint density at radius 2 is 1.73 bits per heavy atom. The molecule has 3 aliphatic rings. The molecule has 1 amide bonds. The summed E-state index contributed by atoms with van der Waals surface area (Å²) in [4.78, 5) is 38.9. The van der Waals surface area contributed by atoms with E-state index in [4.69, 9.17) is 0 Å². The highest BCUT2D eigenvalue weighted by molar-refractivity contribution is 5.97. The fourth-order valence-corrected chi connectivity index (χ4v) is 7.89. The summed E-state index contributed by atoms with van der Waals surface area (Å²) in [6.45, 7) is 4.17. The monoisotopic (exact) mass is 594 g/mol. The van der Waals surface area contributed by atoms with Gasteiger partial charge in [-0.05, 0) is 79.3 Å². The van der Waals surface area contributed by atoms with Gasteiger partial charge in [-0.1, -0.05) is 67.9 Å². The molecule has 1 aliphatic heterocycles. The maximum atomic E-state index is 13.4. The number of nitrogens with one attached hydrogen (secondary N) is 1. The van der Waals surface area contributed by atoms with Crippen molar-refractivity contribution in [3.05, 3.63) is 88.5 Å². The number of carbonyl (C=O) groups excluding carboxylic acids is 3. The molecule has 3 atom stereocenters. The molecule has 2 bridgehead atoms. The summed E-state index contributed by atoms with van der Waals surface area (Å²) < 4.78 is 0. The second kappa shape index (κ2) is 12.3. The molecule has 3 aromatic rings. The van der Waals surface area contributed by atoms with Gasteiger partial charge in [-0.15, -0.1) is 0 Å². The highest BCUT2D eigenvalue weighted by atomic mass is 16.3. The lowest BCUT2D eigenvalue weighted by Crippen LogP contribution is -2.71. The number of aldehydes is 2. The lowest BCUT2D eigenvalue weighted by Gasteiger charge is -2.61. The van der Waals surface area contributed by atoms with Crippen molar-refractivity contribution in [2.75, 3.05) is 19.6 Å². The minimum atomic E-state index is -1.17. The van der Waals surface area contributed by atoms with E-state index in [-0.39, 0.29) is 29.7 Å². The highest BCUT2D eigenvalue weighted by Crippen LogP contribution is 2.58. The summed E-state index contributed by atoms with van der Waals surface area (Å²) in [5, 5.41) is 27.2. The van der Waals surface area contributed by atoms with Crippen LogP contribution in [0.2, 0.25) is 0 Å². The van der Waals surface area contributed by atoms with Gasteiger partial charge in [0.25, 0.3) is 5.91 Å². The number of benzene rings is 3. The Morgan fingerprint density at radius 3 is 2.36 bits per heavy atom.